The Bertz CT molecular complexity index is 733. The number of alkyl halides is 3. The SMILES string of the molecule is O=C(O)N1CC2CCN(C(=O)/C=C/c3ccc(OC(F)(F)F)cc3)CCC2C1. The third-order valence-corrected chi connectivity index (χ3v) is 5.23. The molecule has 0 saturated carbocycles. The first-order chi connectivity index (χ1) is 13.2. The fourth-order valence-electron chi connectivity index (χ4n) is 3.78. The molecule has 6 nitrogen and oxygen atoms in total. The van der Waals surface area contributed by atoms with Crippen LogP contribution in [0.15, 0.2) is 30.3 Å². The van der Waals surface area contributed by atoms with Crippen LogP contribution >= 0.6 is 0 Å². The van der Waals surface area contributed by atoms with Crippen LogP contribution in [0.3, 0.4) is 0 Å². The van der Waals surface area contributed by atoms with E-state index in [0.717, 1.165) is 12.8 Å². The largest absolute Gasteiger partial charge is 0.573 e. The first-order valence-electron chi connectivity index (χ1n) is 9.02. The van der Waals surface area contributed by atoms with Crippen molar-refractivity contribution < 1.29 is 32.6 Å². The number of nitrogens with zero attached hydrogens (tertiary/aromatic N) is 2. The first-order valence-corrected chi connectivity index (χ1v) is 9.02. The van der Waals surface area contributed by atoms with Crippen LogP contribution < -0.4 is 4.74 Å². The summed E-state index contributed by atoms with van der Waals surface area (Å²) in [4.78, 5) is 26.7. The van der Waals surface area contributed by atoms with E-state index < -0.39 is 12.5 Å². The number of carbonyl (C=O) groups is 2. The molecule has 0 aromatic heterocycles. The number of hydrogen-bond donors (Lipinski definition) is 1. The second-order valence-corrected chi connectivity index (χ2v) is 7.06. The summed E-state index contributed by atoms with van der Waals surface area (Å²) in [5, 5.41) is 9.11. The lowest BCUT2D eigenvalue weighted by atomic mass is 9.92. The number of benzene rings is 1. The Balaban J connectivity index is 1.53. The van der Waals surface area contributed by atoms with Crippen LogP contribution in [0.5, 0.6) is 5.75 Å². The van der Waals surface area contributed by atoms with E-state index in [1.165, 1.54) is 35.2 Å². The molecule has 1 aromatic carbocycles. The molecule has 0 radical (unpaired) electrons. The molecule has 0 spiro atoms. The van der Waals surface area contributed by atoms with Crippen molar-refractivity contribution in [2.75, 3.05) is 26.2 Å². The maximum Gasteiger partial charge on any atom is 0.573 e. The van der Waals surface area contributed by atoms with Gasteiger partial charge in [0.2, 0.25) is 5.91 Å². The van der Waals surface area contributed by atoms with Crippen molar-refractivity contribution in [2.24, 2.45) is 11.8 Å². The van der Waals surface area contributed by atoms with Crippen molar-refractivity contribution in [1.29, 1.82) is 0 Å². The van der Waals surface area contributed by atoms with Gasteiger partial charge in [-0.25, -0.2) is 4.79 Å². The van der Waals surface area contributed by atoms with E-state index in [-0.39, 0.29) is 23.5 Å². The van der Waals surface area contributed by atoms with Crippen LogP contribution in [0.25, 0.3) is 6.08 Å². The molecule has 2 amide bonds. The number of hydrogen-bond acceptors (Lipinski definition) is 3. The summed E-state index contributed by atoms with van der Waals surface area (Å²) in [7, 11) is 0. The molecule has 0 bridgehead atoms. The van der Waals surface area contributed by atoms with Crippen molar-refractivity contribution in [3.05, 3.63) is 35.9 Å². The van der Waals surface area contributed by atoms with Crippen molar-refractivity contribution in [3.8, 4) is 5.75 Å². The topological polar surface area (TPSA) is 70.1 Å². The number of likely N-dealkylation sites (tertiary alicyclic amines) is 2. The Labute approximate surface area is 160 Å². The van der Waals surface area contributed by atoms with Gasteiger partial charge in [-0.1, -0.05) is 12.1 Å². The molecule has 2 atom stereocenters. The van der Waals surface area contributed by atoms with Gasteiger partial charge in [0.1, 0.15) is 5.75 Å². The predicted octanol–water partition coefficient (Wildman–Crippen LogP) is 3.45. The summed E-state index contributed by atoms with van der Waals surface area (Å²) in [5.41, 5.74) is 0.590. The fourth-order valence-corrected chi connectivity index (χ4v) is 3.78. The number of amides is 2. The number of ether oxygens (including phenoxy) is 1. The first kappa shape index (κ1) is 20.0. The molecule has 9 heteroatoms. The van der Waals surface area contributed by atoms with Crippen LogP contribution in [0, 0.1) is 11.8 Å². The van der Waals surface area contributed by atoms with E-state index in [2.05, 4.69) is 4.74 Å². The molecule has 3 rings (SSSR count). The Morgan fingerprint density at radius 3 is 2.11 bits per heavy atom. The van der Waals surface area contributed by atoms with Gasteiger partial charge in [-0.05, 0) is 48.4 Å². The van der Waals surface area contributed by atoms with E-state index in [1.807, 2.05) is 0 Å². The fraction of sp³-hybridized carbons (Fsp3) is 0.474. The van der Waals surface area contributed by atoms with Gasteiger partial charge in [-0.15, -0.1) is 13.2 Å². The molecule has 2 heterocycles. The highest BCUT2D eigenvalue weighted by molar-refractivity contribution is 5.91. The molecule has 28 heavy (non-hydrogen) atoms. The third-order valence-electron chi connectivity index (χ3n) is 5.23. The summed E-state index contributed by atoms with van der Waals surface area (Å²) >= 11 is 0. The zero-order valence-corrected chi connectivity index (χ0v) is 15.1. The minimum Gasteiger partial charge on any atom is -0.465 e. The molecule has 2 fully saturated rings. The predicted molar refractivity (Wildman–Crippen MR) is 94.6 cm³/mol. The third kappa shape index (κ3) is 5.17. The van der Waals surface area contributed by atoms with Gasteiger partial charge in [-0.2, -0.15) is 0 Å². The second-order valence-electron chi connectivity index (χ2n) is 7.06. The lowest BCUT2D eigenvalue weighted by Crippen LogP contribution is -2.32. The van der Waals surface area contributed by atoms with Gasteiger partial charge in [0.05, 0.1) is 0 Å². The summed E-state index contributed by atoms with van der Waals surface area (Å²) < 4.78 is 40.3. The average molecular weight is 398 g/mol. The highest BCUT2D eigenvalue weighted by atomic mass is 19.4. The number of carbonyl (C=O) groups excluding carboxylic acids is 1. The van der Waals surface area contributed by atoms with Gasteiger partial charge >= 0.3 is 12.5 Å². The standard InChI is InChI=1S/C19H21F3N2O4/c20-19(21,22)28-16-4-1-13(2-5-16)3-6-17(25)23-9-7-14-11-24(18(26)27)12-15(14)8-10-23/h1-6,14-15H,7-12H2,(H,26,27)/b6-3+. The lowest BCUT2D eigenvalue weighted by molar-refractivity contribution is -0.274. The average Bonchev–Trinajstić information content (AvgIpc) is 2.93. The van der Waals surface area contributed by atoms with E-state index >= 15 is 0 Å². The normalized spacial score (nSPS) is 22.8. The number of rotatable bonds is 3. The lowest BCUT2D eigenvalue weighted by Gasteiger charge is -2.20. The molecule has 2 unspecified atom stereocenters. The van der Waals surface area contributed by atoms with Crippen LogP contribution in [-0.4, -0.2) is 59.4 Å². The summed E-state index contributed by atoms with van der Waals surface area (Å²) in [6.07, 6.45) is -1.15. The van der Waals surface area contributed by atoms with E-state index in [9.17, 15) is 22.8 Å². The zero-order chi connectivity index (χ0) is 20.3. The van der Waals surface area contributed by atoms with E-state index in [1.54, 1.807) is 11.0 Å². The molecule has 1 aromatic rings. The molecule has 2 aliphatic rings. The molecule has 1 N–H and O–H groups in total. The summed E-state index contributed by atoms with van der Waals surface area (Å²) in [5.74, 6) is 0.0780. The molecule has 2 saturated heterocycles. The van der Waals surface area contributed by atoms with Crippen LogP contribution in [0.4, 0.5) is 18.0 Å². The monoisotopic (exact) mass is 398 g/mol. The summed E-state index contributed by atoms with van der Waals surface area (Å²) in [6, 6.07) is 5.27. The summed E-state index contributed by atoms with van der Waals surface area (Å²) in [6.45, 7) is 2.17. The van der Waals surface area contributed by atoms with E-state index in [0.29, 0.717) is 31.7 Å². The Morgan fingerprint density at radius 2 is 1.61 bits per heavy atom. The molecule has 152 valence electrons. The quantitative estimate of drug-likeness (QED) is 0.792. The maximum absolute atomic E-state index is 12.4. The number of carboxylic acid groups (broad SMARTS) is 1. The minimum absolute atomic E-state index is 0.161. The zero-order valence-electron chi connectivity index (χ0n) is 15.1. The highest BCUT2D eigenvalue weighted by Gasteiger charge is 2.37. The second kappa shape index (κ2) is 8.12. The number of fused-ring (bicyclic) bond motifs is 1. The highest BCUT2D eigenvalue weighted by Crippen LogP contribution is 2.32. The molecule has 2 aliphatic heterocycles. The number of halogens is 3. The van der Waals surface area contributed by atoms with Crippen molar-refractivity contribution in [2.45, 2.75) is 19.2 Å². The smallest absolute Gasteiger partial charge is 0.465 e. The van der Waals surface area contributed by atoms with Gasteiger partial charge in [0, 0.05) is 32.3 Å². The molecular formula is C19H21F3N2O4. The minimum atomic E-state index is -4.74. The molecule has 0 aliphatic carbocycles. The Morgan fingerprint density at radius 1 is 1.04 bits per heavy atom. The van der Waals surface area contributed by atoms with Gasteiger partial charge in [-0.3, -0.25) is 4.79 Å². The van der Waals surface area contributed by atoms with Gasteiger partial charge in [0.25, 0.3) is 0 Å². The van der Waals surface area contributed by atoms with Gasteiger partial charge in [0.15, 0.2) is 0 Å². The van der Waals surface area contributed by atoms with Gasteiger partial charge < -0.3 is 19.6 Å². The molecular weight excluding hydrogens is 377 g/mol. The maximum atomic E-state index is 12.4. The van der Waals surface area contributed by atoms with Crippen LogP contribution in [0.2, 0.25) is 0 Å². The van der Waals surface area contributed by atoms with E-state index in [4.69, 9.17) is 5.11 Å². The van der Waals surface area contributed by atoms with Crippen molar-refractivity contribution >= 4 is 18.1 Å². The van der Waals surface area contributed by atoms with Crippen LogP contribution in [0.1, 0.15) is 18.4 Å². The van der Waals surface area contributed by atoms with Crippen molar-refractivity contribution in [3.63, 3.8) is 0 Å². The van der Waals surface area contributed by atoms with Crippen LogP contribution in [-0.2, 0) is 4.79 Å². The van der Waals surface area contributed by atoms with Crippen molar-refractivity contribution in [1.82, 2.24) is 9.80 Å². The Hall–Kier alpha value is -2.71. The Kier molecular flexibility index (Phi) is 5.81.